The predicted octanol–water partition coefficient (Wildman–Crippen LogP) is 1.46. The van der Waals surface area contributed by atoms with Gasteiger partial charge in [-0.3, -0.25) is 9.59 Å². The quantitative estimate of drug-likeness (QED) is 0.854. The molecule has 2 heterocycles. The van der Waals surface area contributed by atoms with Crippen LogP contribution in [0.1, 0.15) is 52.9 Å². The van der Waals surface area contributed by atoms with E-state index in [2.05, 4.69) is 5.32 Å². The summed E-state index contributed by atoms with van der Waals surface area (Å²) in [6.07, 6.45) is 4.78. The second-order valence-electron chi connectivity index (χ2n) is 7.11. The van der Waals surface area contributed by atoms with E-state index in [0.29, 0.717) is 18.9 Å². The molecule has 2 amide bonds. The molecule has 1 N–H and O–H groups in total. The molecule has 0 aromatic carbocycles. The van der Waals surface area contributed by atoms with Crippen LogP contribution < -0.4 is 5.32 Å². The molecule has 1 saturated carbocycles. The fraction of sp³-hybridized carbons (Fsp3) is 0.875. The van der Waals surface area contributed by atoms with Gasteiger partial charge in [0.15, 0.2) is 0 Å². The predicted molar refractivity (Wildman–Crippen MR) is 78.7 cm³/mol. The molecule has 5 nitrogen and oxygen atoms in total. The van der Waals surface area contributed by atoms with E-state index in [9.17, 15) is 9.59 Å². The minimum Gasteiger partial charge on any atom is -0.376 e. The van der Waals surface area contributed by atoms with Gasteiger partial charge in [0.25, 0.3) is 0 Å². The summed E-state index contributed by atoms with van der Waals surface area (Å²) in [7, 11) is 0. The van der Waals surface area contributed by atoms with E-state index < -0.39 is 11.1 Å². The van der Waals surface area contributed by atoms with Crippen molar-refractivity contribution in [3.8, 4) is 0 Å². The monoisotopic (exact) mass is 294 g/mol. The summed E-state index contributed by atoms with van der Waals surface area (Å²) in [6, 6.07) is 0. The number of hydrogen-bond donors (Lipinski definition) is 1. The molecule has 1 aliphatic carbocycles. The number of ether oxygens (including phenoxy) is 1. The molecule has 0 bridgehead atoms. The number of nitrogens with zero attached hydrogens (tertiary/aromatic N) is 1. The van der Waals surface area contributed by atoms with Crippen molar-refractivity contribution in [3.63, 3.8) is 0 Å². The van der Waals surface area contributed by atoms with Gasteiger partial charge in [-0.05, 0) is 51.9 Å². The molecule has 5 heteroatoms. The molecule has 0 radical (unpaired) electrons. The van der Waals surface area contributed by atoms with Gasteiger partial charge in [-0.25, -0.2) is 0 Å². The lowest BCUT2D eigenvalue weighted by molar-refractivity contribution is -0.165. The number of carbonyl (C=O) groups is 2. The van der Waals surface area contributed by atoms with Gasteiger partial charge in [-0.15, -0.1) is 0 Å². The topological polar surface area (TPSA) is 58.6 Å². The maximum atomic E-state index is 13.0. The summed E-state index contributed by atoms with van der Waals surface area (Å²) in [5, 5.41) is 2.99. The van der Waals surface area contributed by atoms with Crippen LogP contribution in [0.15, 0.2) is 0 Å². The molecule has 0 spiro atoms. The Morgan fingerprint density at radius 2 is 2.00 bits per heavy atom. The van der Waals surface area contributed by atoms with Crippen LogP contribution in [0.3, 0.4) is 0 Å². The first-order chi connectivity index (χ1) is 9.91. The van der Waals surface area contributed by atoms with Crippen LogP contribution in [-0.4, -0.2) is 47.0 Å². The summed E-state index contributed by atoms with van der Waals surface area (Å²) in [5.41, 5.74) is -1.47. The molecule has 21 heavy (non-hydrogen) atoms. The van der Waals surface area contributed by atoms with Crippen molar-refractivity contribution in [2.75, 3.05) is 13.2 Å². The molecule has 118 valence electrons. The van der Waals surface area contributed by atoms with E-state index in [1.807, 2.05) is 25.7 Å². The second-order valence-corrected chi connectivity index (χ2v) is 7.11. The van der Waals surface area contributed by atoms with Crippen LogP contribution in [0.5, 0.6) is 0 Å². The molecule has 3 aliphatic rings. The van der Waals surface area contributed by atoms with Gasteiger partial charge in [-0.1, -0.05) is 6.92 Å². The SMILES string of the molecule is CCC1(C)NC(=O)C(C)(C2CC2)N(CC2CCCO2)C1=O. The van der Waals surface area contributed by atoms with Crippen LogP contribution in [0.2, 0.25) is 0 Å². The lowest BCUT2D eigenvalue weighted by Crippen LogP contribution is -2.75. The Hall–Kier alpha value is -1.10. The van der Waals surface area contributed by atoms with Crippen molar-refractivity contribution < 1.29 is 14.3 Å². The van der Waals surface area contributed by atoms with E-state index in [4.69, 9.17) is 4.74 Å². The molecule has 2 saturated heterocycles. The summed E-state index contributed by atoms with van der Waals surface area (Å²) < 4.78 is 5.71. The number of hydrogen-bond acceptors (Lipinski definition) is 3. The first kappa shape index (κ1) is 14.8. The summed E-state index contributed by atoms with van der Waals surface area (Å²) in [6.45, 7) is 7.03. The highest BCUT2D eigenvalue weighted by Crippen LogP contribution is 2.46. The standard InChI is InChI=1S/C16H26N2O3/c1-4-15(2)14(20)18(10-12-6-5-9-21-12)16(3,11-7-8-11)13(19)17-15/h11-12H,4-10H2,1-3H3,(H,17,19). The van der Waals surface area contributed by atoms with Gasteiger partial charge >= 0.3 is 0 Å². The Kier molecular flexibility index (Phi) is 3.51. The fourth-order valence-electron chi connectivity index (χ4n) is 3.62. The molecule has 2 aliphatic heterocycles. The van der Waals surface area contributed by atoms with Gasteiger partial charge in [0.2, 0.25) is 11.8 Å². The Labute approximate surface area is 126 Å². The number of nitrogens with one attached hydrogen (secondary N) is 1. The molecular formula is C16H26N2O3. The van der Waals surface area contributed by atoms with Crippen LogP contribution in [-0.2, 0) is 14.3 Å². The van der Waals surface area contributed by atoms with E-state index in [1.165, 1.54) is 0 Å². The largest absolute Gasteiger partial charge is 0.376 e. The Bertz CT molecular complexity index is 456. The zero-order valence-corrected chi connectivity index (χ0v) is 13.3. The zero-order chi connectivity index (χ0) is 15.3. The normalized spacial score (nSPS) is 40.5. The van der Waals surface area contributed by atoms with Crippen LogP contribution >= 0.6 is 0 Å². The van der Waals surface area contributed by atoms with Crippen molar-refractivity contribution in [1.82, 2.24) is 10.2 Å². The highest BCUT2D eigenvalue weighted by Gasteiger charge is 2.60. The third-order valence-electron chi connectivity index (χ3n) is 5.62. The van der Waals surface area contributed by atoms with Gasteiger partial charge in [0, 0.05) is 13.2 Å². The molecule has 3 rings (SSSR count). The highest BCUT2D eigenvalue weighted by atomic mass is 16.5. The molecule has 3 unspecified atom stereocenters. The van der Waals surface area contributed by atoms with Gasteiger partial charge < -0.3 is 15.0 Å². The van der Waals surface area contributed by atoms with Crippen molar-refractivity contribution >= 4 is 11.8 Å². The van der Waals surface area contributed by atoms with Crippen molar-refractivity contribution in [3.05, 3.63) is 0 Å². The van der Waals surface area contributed by atoms with E-state index in [-0.39, 0.29) is 17.9 Å². The fourth-order valence-corrected chi connectivity index (χ4v) is 3.62. The van der Waals surface area contributed by atoms with E-state index in [0.717, 1.165) is 32.3 Å². The molecule has 0 aromatic rings. The van der Waals surface area contributed by atoms with E-state index in [1.54, 1.807) is 0 Å². The summed E-state index contributed by atoms with van der Waals surface area (Å²) in [5.74, 6) is 0.353. The minimum atomic E-state index is -0.774. The first-order valence-corrected chi connectivity index (χ1v) is 8.18. The maximum Gasteiger partial charge on any atom is 0.249 e. The maximum absolute atomic E-state index is 13.0. The number of amides is 2. The highest BCUT2D eigenvalue weighted by molar-refractivity contribution is 6.02. The Balaban J connectivity index is 1.91. The van der Waals surface area contributed by atoms with Crippen molar-refractivity contribution in [1.29, 1.82) is 0 Å². The first-order valence-electron chi connectivity index (χ1n) is 8.18. The number of piperazine rings is 1. The van der Waals surface area contributed by atoms with Gasteiger partial charge in [-0.2, -0.15) is 0 Å². The van der Waals surface area contributed by atoms with Gasteiger partial charge in [0.1, 0.15) is 11.1 Å². The lowest BCUT2D eigenvalue weighted by atomic mass is 9.82. The van der Waals surface area contributed by atoms with Gasteiger partial charge in [0.05, 0.1) is 6.10 Å². The van der Waals surface area contributed by atoms with Crippen LogP contribution in [0.25, 0.3) is 0 Å². The Morgan fingerprint density at radius 1 is 1.29 bits per heavy atom. The lowest BCUT2D eigenvalue weighted by Gasteiger charge is -2.51. The van der Waals surface area contributed by atoms with Crippen molar-refractivity contribution in [2.24, 2.45) is 5.92 Å². The van der Waals surface area contributed by atoms with Crippen molar-refractivity contribution in [2.45, 2.75) is 70.1 Å². The third kappa shape index (κ3) is 2.26. The van der Waals surface area contributed by atoms with E-state index >= 15 is 0 Å². The molecule has 3 fully saturated rings. The smallest absolute Gasteiger partial charge is 0.249 e. The molecule has 0 aromatic heterocycles. The van der Waals surface area contributed by atoms with Crippen LogP contribution in [0, 0.1) is 5.92 Å². The summed E-state index contributed by atoms with van der Waals surface area (Å²) >= 11 is 0. The average molecular weight is 294 g/mol. The molecule has 3 atom stereocenters. The third-order valence-corrected chi connectivity index (χ3v) is 5.62. The minimum absolute atomic E-state index is 0.00643. The average Bonchev–Trinajstić information content (AvgIpc) is 3.20. The van der Waals surface area contributed by atoms with Crippen LogP contribution in [0.4, 0.5) is 0 Å². The summed E-state index contributed by atoms with van der Waals surface area (Å²) in [4.78, 5) is 27.6. The zero-order valence-electron chi connectivity index (χ0n) is 13.3. The second kappa shape index (κ2) is 4.97. The number of rotatable bonds is 4. The Morgan fingerprint density at radius 3 is 2.52 bits per heavy atom. The number of carbonyl (C=O) groups excluding carboxylic acids is 2. The molecular weight excluding hydrogens is 268 g/mol.